The summed E-state index contributed by atoms with van der Waals surface area (Å²) < 4.78 is 16.7. The van der Waals surface area contributed by atoms with Gasteiger partial charge in [0.15, 0.2) is 0 Å². The van der Waals surface area contributed by atoms with E-state index in [9.17, 15) is 14.4 Å². The van der Waals surface area contributed by atoms with Crippen molar-refractivity contribution in [2.45, 2.75) is 19.4 Å². The van der Waals surface area contributed by atoms with Crippen molar-refractivity contribution in [2.24, 2.45) is 11.7 Å². The average molecular weight is 436 g/mol. The Bertz CT molecular complexity index is 1170. The van der Waals surface area contributed by atoms with Gasteiger partial charge in [-0.25, -0.2) is 4.79 Å². The molecular weight excluding hydrogens is 412 g/mol. The maximum atomic E-state index is 13.4. The molecular formula is C24H24N2O6. The Balaban J connectivity index is 1.59. The van der Waals surface area contributed by atoms with E-state index in [0.717, 1.165) is 0 Å². The van der Waals surface area contributed by atoms with E-state index in [1.807, 2.05) is 0 Å². The Morgan fingerprint density at radius 3 is 2.56 bits per heavy atom. The summed E-state index contributed by atoms with van der Waals surface area (Å²) in [6, 6.07) is 13.8. The number of likely N-dealkylation sites (tertiary alicyclic amines) is 1. The van der Waals surface area contributed by atoms with Crippen molar-refractivity contribution >= 4 is 28.8 Å². The highest BCUT2D eigenvalue weighted by atomic mass is 16.5. The lowest BCUT2D eigenvalue weighted by molar-refractivity contribution is -0.119. The monoisotopic (exact) mass is 436 g/mol. The van der Waals surface area contributed by atoms with Crippen LogP contribution in [-0.2, 0) is 9.53 Å². The number of rotatable bonds is 6. The minimum atomic E-state index is -0.646. The summed E-state index contributed by atoms with van der Waals surface area (Å²) in [5.41, 5.74) is 6.81. The summed E-state index contributed by atoms with van der Waals surface area (Å²) in [7, 11) is 1.55. The maximum Gasteiger partial charge on any atom is 0.338 e. The number of carbonyl (C=O) groups is 3. The van der Waals surface area contributed by atoms with Crippen LogP contribution in [0, 0.1) is 12.8 Å². The summed E-state index contributed by atoms with van der Waals surface area (Å²) in [4.78, 5) is 39.2. The number of esters is 1. The number of benzene rings is 2. The first-order valence-corrected chi connectivity index (χ1v) is 10.3. The number of nitrogens with two attached hydrogens (primary N) is 1. The second-order valence-electron chi connectivity index (χ2n) is 7.85. The molecule has 0 aliphatic carbocycles. The van der Waals surface area contributed by atoms with Gasteiger partial charge in [0.1, 0.15) is 23.2 Å². The molecule has 0 unspecified atom stereocenters. The Hall–Kier alpha value is -3.81. The zero-order valence-corrected chi connectivity index (χ0v) is 17.9. The van der Waals surface area contributed by atoms with E-state index in [4.69, 9.17) is 19.6 Å². The molecule has 0 saturated carbocycles. The van der Waals surface area contributed by atoms with Crippen LogP contribution in [-0.4, -0.2) is 49.0 Å². The van der Waals surface area contributed by atoms with Crippen molar-refractivity contribution in [1.29, 1.82) is 0 Å². The minimum absolute atomic E-state index is 0.00938. The predicted molar refractivity (Wildman–Crippen MR) is 116 cm³/mol. The average Bonchev–Trinajstić information content (AvgIpc) is 3.32. The van der Waals surface area contributed by atoms with Crippen LogP contribution in [0.5, 0.6) is 5.75 Å². The van der Waals surface area contributed by atoms with Crippen molar-refractivity contribution in [3.8, 4) is 5.75 Å². The number of furan rings is 1. The number of amides is 2. The van der Waals surface area contributed by atoms with Crippen LogP contribution >= 0.6 is 0 Å². The molecule has 8 nitrogen and oxygen atoms in total. The molecule has 0 bridgehead atoms. The Kier molecular flexibility index (Phi) is 5.85. The molecule has 2 N–H and O–H groups in total. The van der Waals surface area contributed by atoms with Gasteiger partial charge < -0.3 is 24.5 Å². The van der Waals surface area contributed by atoms with Crippen molar-refractivity contribution in [3.05, 3.63) is 65.4 Å². The smallest absolute Gasteiger partial charge is 0.338 e. The highest BCUT2D eigenvalue weighted by Gasteiger charge is 2.40. The fourth-order valence-electron chi connectivity index (χ4n) is 4.12. The SMILES string of the molecule is COc1ccc2oc(C)c(C(=O)N3C[C@H](CC(N)=O)[C@H](OC(=O)c4ccccc4)C3)c2c1. The summed E-state index contributed by atoms with van der Waals surface area (Å²) in [6.45, 7) is 2.12. The second-order valence-corrected chi connectivity index (χ2v) is 7.85. The molecule has 1 saturated heterocycles. The molecule has 8 heteroatoms. The molecule has 1 aromatic heterocycles. The molecule has 2 amide bonds. The lowest BCUT2D eigenvalue weighted by Gasteiger charge is -2.17. The van der Waals surface area contributed by atoms with E-state index >= 15 is 0 Å². The topological polar surface area (TPSA) is 112 Å². The number of hydrogen-bond donors (Lipinski definition) is 1. The zero-order chi connectivity index (χ0) is 22.8. The van der Waals surface area contributed by atoms with Gasteiger partial charge in [0.2, 0.25) is 5.91 Å². The lowest BCUT2D eigenvalue weighted by atomic mass is 10.0. The molecule has 3 aromatic rings. The molecule has 32 heavy (non-hydrogen) atoms. The summed E-state index contributed by atoms with van der Waals surface area (Å²) in [5, 5.41) is 0.642. The minimum Gasteiger partial charge on any atom is -0.497 e. The molecule has 2 atom stereocenters. The van der Waals surface area contributed by atoms with Gasteiger partial charge >= 0.3 is 5.97 Å². The van der Waals surface area contributed by atoms with Crippen molar-refractivity contribution in [1.82, 2.24) is 4.90 Å². The number of ether oxygens (including phenoxy) is 2. The second kappa shape index (κ2) is 8.74. The van der Waals surface area contributed by atoms with Gasteiger partial charge in [-0.05, 0) is 37.3 Å². The van der Waals surface area contributed by atoms with Crippen LogP contribution in [0.4, 0.5) is 0 Å². The fourth-order valence-corrected chi connectivity index (χ4v) is 4.12. The standard InChI is InChI=1S/C24H24N2O6/c1-14-22(18-11-17(30-2)8-9-19(18)31-14)23(28)26-12-16(10-21(25)27)20(13-26)32-24(29)15-6-4-3-5-7-15/h3-9,11,16,20H,10,12-13H2,1-2H3,(H2,25,27)/t16-,20+/m0/s1. The van der Waals surface area contributed by atoms with E-state index in [-0.39, 0.29) is 25.4 Å². The number of nitrogens with zero attached hydrogens (tertiary/aromatic N) is 1. The third-order valence-electron chi connectivity index (χ3n) is 5.68. The highest BCUT2D eigenvalue weighted by molar-refractivity contribution is 6.07. The fraction of sp³-hybridized carbons (Fsp3) is 0.292. The number of carbonyl (C=O) groups excluding carboxylic acids is 3. The van der Waals surface area contributed by atoms with Crippen molar-refractivity contribution < 1.29 is 28.3 Å². The van der Waals surface area contributed by atoms with Crippen molar-refractivity contribution in [3.63, 3.8) is 0 Å². The van der Waals surface area contributed by atoms with Crippen LogP contribution in [0.1, 0.15) is 32.9 Å². The summed E-state index contributed by atoms with van der Waals surface area (Å²) in [6.07, 6.45) is -0.637. The Labute approximate surface area is 184 Å². The Morgan fingerprint density at radius 2 is 1.88 bits per heavy atom. The van der Waals surface area contributed by atoms with Gasteiger partial charge in [-0.1, -0.05) is 18.2 Å². The highest BCUT2D eigenvalue weighted by Crippen LogP contribution is 2.32. The summed E-state index contributed by atoms with van der Waals surface area (Å²) >= 11 is 0. The normalized spacial score (nSPS) is 18.0. The van der Waals surface area contributed by atoms with Crippen LogP contribution in [0.15, 0.2) is 52.9 Å². The molecule has 0 spiro atoms. The van der Waals surface area contributed by atoms with E-state index in [2.05, 4.69) is 0 Å². The maximum absolute atomic E-state index is 13.4. The third-order valence-corrected chi connectivity index (χ3v) is 5.68. The predicted octanol–water partition coefficient (Wildman–Crippen LogP) is 2.92. The molecule has 2 aromatic carbocycles. The van der Waals surface area contributed by atoms with Gasteiger partial charge in [0.25, 0.3) is 5.91 Å². The van der Waals surface area contributed by atoms with Gasteiger partial charge in [0.05, 0.1) is 24.8 Å². The largest absolute Gasteiger partial charge is 0.497 e. The molecule has 1 aliphatic rings. The van der Waals surface area contributed by atoms with Crippen LogP contribution in [0.3, 0.4) is 0 Å². The molecule has 1 fully saturated rings. The summed E-state index contributed by atoms with van der Waals surface area (Å²) in [5.74, 6) is -0.586. The third kappa shape index (κ3) is 4.16. The van der Waals surface area contributed by atoms with E-state index < -0.39 is 23.9 Å². The first-order valence-electron chi connectivity index (χ1n) is 10.3. The molecule has 0 radical (unpaired) electrons. The number of aryl methyl sites for hydroxylation is 1. The number of methoxy groups -OCH3 is 1. The van der Waals surface area contributed by atoms with Crippen molar-refractivity contribution in [2.75, 3.05) is 20.2 Å². The quantitative estimate of drug-likeness (QED) is 0.595. The zero-order valence-electron chi connectivity index (χ0n) is 17.9. The van der Waals surface area contributed by atoms with Crippen LogP contribution < -0.4 is 10.5 Å². The first-order chi connectivity index (χ1) is 15.4. The number of primary amides is 1. The van der Waals surface area contributed by atoms with Crippen LogP contribution in [0.2, 0.25) is 0 Å². The Morgan fingerprint density at radius 1 is 1.12 bits per heavy atom. The molecule has 4 rings (SSSR count). The van der Waals surface area contributed by atoms with Gasteiger partial charge in [-0.15, -0.1) is 0 Å². The molecule has 1 aliphatic heterocycles. The van der Waals surface area contributed by atoms with Gasteiger partial charge in [-0.2, -0.15) is 0 Å². The lowest BCUT2D eigenvalue weighted by Crippen LogP contribution is -2.31. The van der Waals surface area contributed by atoms with E-state index in [1.165, 1.54) is 0 Å². The first kappa shape index (κ1) is 21.4. The molecule has 2 heterocycles. The van der Waals surface area contributed by atoms with Gasteiger partial charge in [0, 0.05) is 24.3 Å². The van der Waals surface area contributed by atoms with Gasteiger partial charge in [-0.3, -0.25) is 9.59 Å². The van der Waals surface area contributed by atoms with Crippen LogP contribution in [0.25, 0.3) is 11.0 Å². The molecule has 166 valence electrons. The number of hydrogen-bond acceptors (Lipinski definition) is 6. The van der Waals surface area contributed by atoms with E-state index in [1.54, 1.807) is 67.5 Å². The number of fused-ring (bicyclic) bond motifs is 1. The van der Waals surface area contributed by atoms with E-state index in [0.29, 0.717) is 33.6 Å².